The van der Waals surface area contributed by atoms with Gasteiger partial charge in [0.25, 0.3) is 0 Å². The Labute approximate surface area is 189 Å². The highest BCUT2D eigenvalue weighted by Crippen LogP contribution is 2.38. The Morgan fingerprint density at radius 1 is 0.500 bits per heavy atom. The van der Waals surface area contributed by atoms with Gasteiger partial charge in [-0.2, -0.15) is 0 Å². The summed E-state index contributed by atoms with van der Waals surface area (Å²) in [7, 11) is 0. The zero-order valence-corrected chi connectivity index (χ0v) is 20.3. The minimum absolute atomic E-state index is 0.0786. The zero-order chi connectivity index (χ0) is 24.5. The molecule has 0 saturated carbocycles. The van der Waals surface area contributed by atoms with Crippen molar-refractivity contribution in [2.45, 2.75) is 97.8 Å². The fourth-order valence-corrected chi connectivity index (χ4v) is 4.50. The fraction of sp³-hybridized carbons (Fsp3) is 0.556. The van der Waals surface area contributed by atoms with Crippen LogP contribution in [0.15, 0.2) is 12.1 Å². The van der Waals surface area contributed by atoms with Gasteiger partial charge in [0.05, 0.1) is 0 Å². The Bertz CT molecular complexity index is 901. The highest BCUT2D eigenvalue weighted by Gasteiger charge is 2.29. The average molecular weight is 455 g/mol. The molecule has 0 radical (unpaired) electrons. The summed E-state index contributed by atoms with van der Waals surface area (Å²) in [6, 6.07) is 4.44. The van der Waals surface area contributed by atoms with Crippen LogP contribution in [0.4, 0.5) is 22.0 Å². The molecular formula is C27H35F5. The van der Waals surface area contributed by atoms with E-state index in [0.29, 0.717) is 30.6 Å². The van der Waals surface area contributed by atoms with Gasteiger partial charge in [-0.1, -0.05) is 67.5 Å². The van der Waals surface area contributed by atoms with E-state index in [2.05, 4.69) is 53.7 Å². The molecular weight excluding hydrogens is 419 g/mol. The van der Waals surface area contributed by atoms with Gasteiger partial charge in [0.2, 0.25) is 5.82 Å². The van der Waals surface area contributed by atoms with Crippen LogP contribution in [0.25, 0.3) is 0 Å². The van der Waals surface area contributed by atoms with Gasteiger partial charge >= 0.3 is 0 Å². The van der Waals surface area contributed by atoms with Crippen molar-refractivity contribution in [3.63, 3.8) is 0 Å². The zero-order valence-electron chi connectivity index (χ0n) is 20.3. The minimum Gasteiger partial charge on any atom is -0.203 e. The predicted octanol–water partition coefficient (Wildman–Crippen LogP) is 9.44. The van der Waals surface area contributed by atoms with Gasteiger partial charge in [0.1, 0.15) is 0 Å². The van der Waals surface area contributed by atoms with Crippen molar-refractivity contribution in [1.82, 2.24) is 0 Å². The first kappa shape index (κ1) is 26.3. The van der Waals surface area contributed by atoms with Gasteiger partial charge in [0, 0.05) is 5.56 Å². The Morgan fingerprint density at radius 3 is 1.25 bits per heavy atom. The molecule has 32 heavy (non-hydrogen) atoms. The van der Waals surface area contributed by atoms with Crippen LogP contribution in [0.2, 0.25) is 0 Å². The lowest BCUT2D eigenvalue weighted by Gasteiger charge is -2.26. The highest BCUT2D eigenvalue weighted by molar-refractivity contribution is 5.45. The van der Waals surface area contributed by atoms with Gasteiger partial charge in [-0.3, -0.25) is 0 Å². The van der Waals surface area contributed by atoms with E-state index >= 15 is 0 Å². The molecule has 0 aliphatic carbocycles. The summed E-state index contributed by atoms with van der Waals surface area (Å²) in [5, 5.41) is 0. The molecule has 0 saturated heterocycles. The molecule has 178 valence electrons. The van der Waals surface area contributed by atoms with Gasteiger partial charge in [0.15, 0.2) is 23.3 Å². The maximum Gasteiger partial charge on any atom is 0.200 e. The first-order valence-corrected chi connectivity index (χ1v) is 11.5. The van der Waals surface area contributed by atoms with E-state index < -0.39 is 40.6 Å². The van der Waals surface area contributed by atoms with Gasteiger partial charge in [-0.25, -0.2) is 22.0 Å². The molecule has 0 amide bonds. The van der Waals surface area contributed by atoms with Gasteiger partial charge in [-0.05, 0) is 64.7 Å². The molecule has 2 aromatic rings. The highest BCUT2D eigenvalue weighted by atomic mass is 19.2. The van der Waals surface area contributed by atoms with Gasteiger partial charge in [-0.15, -0.1) is 0 Å². The summed E-state index contributed by atoms with van der Waals surface area (Å²) >= 11 is 0. The SMILES string of the molecule is CC(C)c1cc(C(C)CC[C@H](C)c2c(F)c(F)c(F)c(F)c2F)cc(C(C)C)c1C(C)C. The summed E-state index contributed by atoms with van der Waals surface area (Å²) in [5.74, 6) is -8.97. The second kappa shape index (κ2) is 10.4. The Kier molecular flexibility index (Phi) is 8.52. The molecule has 0 aliphatic rings. The normalized spacial score (nSPS) is 14.0. The van der Waals surface area contributed by atoms with Crippen LogP contribution in [0, 0.1) is 29.1 Å². The second-order valence-corrected chi connectivity index (χ2v) is 9.94. The molecule has 0 N–H and O–H groups in total. The van der Waals surface area contributed by atoms with Crippen LogP contribution >= 0.6 is 0 Å². The summed E-state index contributed by atoms with van der Waals surface area (Å²) in [5.41, 5.74) is 4.41. The monoisotopic (exact) mass is 454 g/mol. The summed E-state index contributed by atoms with van der Waals surface area (Å²) in [4.78, 5) is 0. The first-order valence-electron chi connectivity index (χ1n) is 11.5. The maximum absolute atomic E-state index is 14.2. The van der Waals surface area contributed by atoms with E-state index in [0.717, 1.165) is 5.56 Å². The summed E-state index contributed by atoms with van der Waals surface area (Å²) in [6.45, 7) is 16.6. The topological polar surface area (TPSA) is 0 Å². The quantitative estimate of drug-likeness (QED) is 0.212. The lowest BCUT2D eigenvalue weighted by Crippen LogP contribution is -2.11. The summed E-state index contributed by atoms with van der Waals surface area (Å²) < 4.78 is 68.9. The number of hydrogen-bond acceptors (Lipinski definition) is 0. The fourth-order valence-electron chi connectivity index (χ4n) is 4.50. The van der Waals surface area contributed by atoms with Crippen LogP contribution in [0.1, 0.15) is 126 Å². The Hall–Kier alpha value is -1.91. The molecule has 2 rings (SSSR count). The summed E-state index contributed by atoms with van der Waals surface area (Å²) in [6.07, 6.45) is 0.871. The Balaban J connectivity index is 2.35. The van der Waals surface area contributed by atoms with E-state index in [1.54, 1.807) is 0 Å². The molecule has 0 fully saturated rings. The smallest absolute Gasteiger partial charge is 0.200 e. The molecule has 0 heterocycles. The molecule has 2 aromatic carbocycles. The van der Waals surface area contributed by atoms with E-state index in [-0.39, 0.29) is 5.92 Å². The second-order valence-electron chi connectivity index (χ2n) is 9.94. The largest absolute Gasteiger partial charge is 0.203 e. The third kappa shape index (κ3) is 5.18. The van der Waals surface area contributed by atoms with Crippen molar-refractivity contribution in [3.05, 3.63) is 69.0 Å². The third-order valence-corrected chi connectivity index (χ3v) is 6.43. The lowest BCUT2D eigenvalue weighted by molar-refractivity contribution is 0.362. The van der Waals surface area contributed by atoms with Crippen LogP contribution in [-0.4, -0.2) is 0 Å². The van der Waals surface area contributed by atoms with Crippen molar-refractivity contribution < 1.29 is 22.0 Å². The van der Waals surface area contributed by atoms with Crippen LogP contribution in [0.5, 0.6) is 0 Å². The van der Waals surface area contributed by atoms with Crippen molar-refractivity contribution in [2.75, 3.05) is 0 Å². The molecule has 0 aliphatic heterocycles. The third-order valence-electron chi connectivity index (χ3n) is 6.43. The number of hydrogen-bond donors (Lipinski definition) is 0. The van der Waals surface area contributed by atoms with Crippen molar-refractivity contribution in [3.8, 4) is 0 Å². The minimum atomic E-state index is -2.11. The molecule has 2 atom stereocenters. The molecule has 0 spiro atoms. The van der Waals surface area contributed by atoms with E-state index in [1.165, 1.54) is 23.6 Å². The van der Waals surface area contributed by atoms with E-state index in [9.17, 15) is 22.0 Å². The van der Waals surface area contributed by atoms with Crippen LogP contribution in [0.3, 0.4) is 0 Å². The van der Waals surface area contributed by atoms with Gasteiger partial charge < -0.3 is 0 Å². The van der Waals surface area contributed by atoms with Crippen molar-refractivity contribution in [2.24, 2.45) is 0 Å². The van der Waals surface area contributed by atoms with E-state index in [1.807, 2.05) is 6.92 Å². The number of benzene rings is 2. The van der Waals surface area contributed by atoms with Crippen molar-refractivity contribution in [1.29, 1.82) is 0 Å². The molecule has 1 unspecified atom stereocenters. The lowest BCUT2D eigenvalue weighted by atomic mass is 9.79. The maximum atomic E-state index is 14.2. The average Bonchev–Trinajstić information content (AvgIpc) is 2.73. The standard InChI is InChI=1S/C27H35F5/c1-13(2)19-11-18(12-20(14(3)4)21(19)15(5)6)16(7)9-10-17(8)22-23(28)25(30)27(32)26(31)24(22)29/h11-17H,9-10H2,1-8H3/t16?,17-/m0/s1. The van der Waals surface area contributed by atoms with Crippen molar-refractivity contribution >= 4 is 0 Å². The molecule has 0 aromatic heterocycles. The number of halogens is 5. The predicted molar refractivity (Wildman–Crippen MR) is 121 cm³/mol. The molecule has 0 nitrogen and oxygen atoms in total. The van der Waals surface area contributed by atoms with Crippen LogP contribution < -0.4 is 0 Å². The first-order chi connectivity index (χ1) is 14.8. The van der Waals surface area contributed by atoms with Crippen LogP contribution in [-0.2, 0) is 0 Å². The molecule has 0 bridgehead atoms. The molecule has 5 heteroatoms. The number of rotatable bonds is 8. The van der Waals surface area contributed by atoms with E-state index in [4.69, 9.17) is 0 Å². The Morgan fingerprint density at radius 2 is 0.875 bits per heavy atom.